The second-order valence-corrected chi connectivity index (χ2v) is 12.6. The Kier molecular flexibility index (Phi) is 7.15. The lowest BCUT2D eigenvalue weighted by molar-refractivity contribution is -0.385. The van der Waals surface area contributed by atoms with E-state index in [2.05, 4.69) is 13.8 Å². The first kappa shape index (κ1) is 28.4. The summed E-state index contributed by atoms with van der Waals surface area (Å²) in [6.07, 6.45) is 2.81. The number of aliphatic hydroxyl groups is 2. The Morgan fingerprint density at radius 3 is 2.62 bits per heavy atom. The standard InChI is InChI=1S/C30H37NO9/c1-17-12-20-21-9-11-30(36,25(34)16-40-27(35)39-15-18-6-4-5-7-23(18)31(37)38)29(21,3)14-24(33)26(20)28(2)10-8-19(32)13-22(17)28/h4-7,13,17,20-21,24,26,33,36H,8-12,14-16H2,1-3H3/t17?,20-,21-,24?,26+,28-,29-,30-/m0/s1. The molecule has 8 atom stereocenters. The predicted octanol–water partition coefficient (Wildman–Crippen LogP) is 4.30. The number of nitro benzene ring substituents is 1. The average molecular weight is 556 g/mol. The van der Waals surface area contributed by atoms with E-state index in [-0.39, 0.29) is 59.0 Å². The van der Waals surface area contributed by atoms with Gasteiger partial charge in [0.25, 0.3) is 5.69 Å². The minimum Gasteiger partial charge on any atom is -0.429 e. The number of benzene rings is 1. The van der Waals surface area contributed by atoms with Crippen molar-refractivity contribution in [1.29, 1.82) is 0 Å². The fourth-order valence-electron chi connectivity index (χ4n) is 8.82. The highest BCUT2D eigenvalue weighted by molar-refractivity contribution is 5.92. The van der Waals surface area contributed by atoms with Crippen molar-refractivity contribution in [3.8, 4) is 0 Å². The van der Waals surface area contributed by atoms with Gasteiger partial charge >= 0.3 is 6.16 Å². The van der Waals surface area contributed by atoms with Crippen LogP contribution in [0.3, 0.4) is 0 Å². The monoisotopic (exact) mass is 555 g/mol. The summed E-state index contributed by atoms with van der Waals surface area (Å²) in [6, 6.07) is 5.83. The third-order valence-corrected chi connectivity index (χ3v) is 10.7. The first-order valence-corrected chi connectivity index (χ1v) is 14.0. The van der Waals surface area contributed by atoms with Crippen molar-refractivity contribution in [2.45, 2.75) is 77.6 Å². The second kappa shape index (κ2) is 10.1. The van der Waals surface area contributed by atoms with Crippen molar-refractivity contribution in [2.24, 2.45) is 34.5 Å². The fourth-order valence-corrected chi connectivity index (χ4v) is 8.82. The number of aliphatic hydroxyl groups excluding tert-OH is 1. The highest BCUT2D eigenvalue weighted by Crippen LogP contribution is 2.68. The molecule has 2 unspecified atom stereocenters. The highest BCUT2D eigenvalue weighted by atomic mass is 16.7. The number of hydrogen-bond acceptors (Lipinski definition) is 9. The molecule has 0 heterocycles. The molecule has 10 heteroatoms. The minimum absolute atomic E-state index is 0.0149. The van der Waals surface area contributed by atoms with Crippen molar-refractivity contribution in [3.05, 3.63) is 51.6 Å². The number of carbonyl (C=O) groups is 3. The summed E-state index contributed by atoms with van der Waals surface area (Å²) in [5.41, 5.74) is -1.91. The van der Waals surface area contributed by atoms with E-state index < -0.39 is 47.2 Å². The van der Waals surface area contributed by atoms with Crippen LogP contribution < -0.4 is 0 Å². The van der Waals surface area contributed by atoms with Gasteiger partial charge in [0.15, 0.2) is 12.4 Å². The van der Waals surface area contributed by atoms with Crippen LogP contribution in [0.4, 0.5) is 10.5 Å². The lowest BCUT2D eigenvalue weighted by atomic mass is 9.44. The third kappa shape index (κ3) is 4.36. The number of hydrogen-bond donors (Lipinski definition) is 2. The largest absolute Gasteiger partial charge is 0.509 e. The van der Waals surface area contributed by atoms with E-state index in [0.29, 0.717) is 19.3 Å². The van der Waals surface area contributed by atoms with E-state index in [1.54, 1.807) is 12.1 Å². The van der Waals surface area contributed by atoms with Crippen LogP contribution in [0.5, 0.6) is 0 Å². The van der Waals surface area contributed by atoms with Crippen molar-refractivity contribution in [3.63, 3.8) is 0 Å². The smallest absolute Gasteiger partial charge is 0.429 e. The molecule has 10 nitrogen and oxygen atoms in total. The molecule has 3 saturated carbocycles. The fraction of sp³-hybridized carbons (Fsp3) is 0.633. The van der Waals surface area contributed by atoms with Crippen molar-refractivity contribution >= 4 is 23.4 Å². The van der Waals surface area contributed by atoms with E-state index >= 15 is 0 Å². The molecule has 3 fully saturated rings. The van der Waals surface area contributed by atoms with Crippen LogP contribution in [-0.2, 0) is 25.7 Å². The molecule has 0 bridgehead atoms. The molecule has 4 aliphatic rings. The van der Waals surface area contributed by atoms with Crippen molar-refractivity contribution in [1.82, 2.24) is 0 Å². The molecule has 0 aliphatic heterocycles. The summed E-state index contributed by atoms with van der Waals surface area (Å²) in [4.78, 5) is 48.5. The summed E-state index contributed by atoms with van der Waals surface area (Å²) < 4.78 is 10.0. The maximum absolute atomic E-state index is 13.4. The molecule has 0 spiro atoms. The van der Waals surface area contributed by atoms with Gasteiger partial charge in [-0.15, -0.1) is 0 Å². The van der Waals surface area contributed by atoms with E-state index in [4.69, 9.17) is 9.47 Å². The van der Waals surface area contributed by atoms with Gasteiger partial charge in [0.05, 0.1) is 16.6 Å². The Hall–Kier alpha value is -3.11. The highest BCUT2D eigenvalue weighted by Gasteiger charge is 2.68. The Morgan fingerprint density at radius 2 is 1.90 bits per heavy atom. The van der Waals surface area contributed by atoms with E-state index in [1.807, 2.05) is 6.92 Å². The number of ketones is 2. The van der Waals surface area contributed by atoms with Crippen molar-refractivity contribution < 1.29 is 39.0 Å². The minimum atomic E-state index is -1.79. The Balaban J connectivity index is 1.28. The maximum atomic E-state index is 13.4. The Bertz CT molecular complexity index is 1280. The zero-order valence-electron chi connectivity index (χ0n) is 23.1. The number of Topliss-reactive ketones (excluding diaryl/α,β-unsaturated/α-hetero) is 1. The topological polar surface area (TPSA) is 153 Å². The number of nitro groups is 1. The van der Waals surface area contributed by atoms with Gasteiger partial charge in [-0.3, -0.25) is 19.7 Å². The molecule has 2 N–H and O–H groups in total. The van der Waals surface area contributed by atoms with Crippen LogP contribution in [-0.4, -0.2) is 51.2 Å². The molecule has 5 rings (SSSR count). The van der Waals surface area contributed by atoms with Gasteiger partial charge in [-0.05, 0) is 73.3 Å². The van der Waals surface area contributed by atoms with Gasteiger partial charge in [0, 0.05) is 17.9 Å². The molecule has 1 aromatic carbocycles. The summed E-state index contributed by atoms with van der Waals surface area (Å²) in [6.45, 7) is 5.02. The molecule has 1 aromatic rings. The van der Waals surface area contributed by atoms with Gasteiger partial charge < -0.3 is 19.7 Å². The molecule has 0 amide bonds. The zero-order valence-corrected chi connectivity index (χ0v) is 23.1. The molecule has 0 aromatic heterocycles. The van der Waals surface area contributed by atoms with E-state index in [9.17, 15) is 34.7 Å². The molecule has 40 heavy (non-hydrogen) atoms. The van der Waals surface area contributed by atoms with Gasteiger partial charge in [-0.2, -0.15) is 0 Å². The van der Waals surface area contributed by atoms with Crippen LogP contribution in [0.15, 0.2) is 35.9 Å². The summed E-state index contributed by atoms with van der Waals surface area (Å²) >= 11 is 0. The third-order valence-electron chi connectivity index (χ3n) is 10.7. The van der Waals surface area contributed by atoms with Crippen LogP contribution >= 0.6 is 0 Å². The van der Waals surface area contributed by atoms with Gasteiger partial charge in [0.2, 0.25) is 5.78 Å². The number of nitrogens with zero attached hydrogens (tertiary/aromatic N) is 1. The molecule has 0 saturated heterocycles. The normalized spacial score (nSPS) is 38.4. The molecule has 4 aliphatic carbocycles. The van der Waals surface area contributed by atoms with Gasteiger partial charge in [-0.1, -0.05) is 38.5 Å². The van der Waals surface area contributed by atoms with Crippen LogP contribution in [0.25, 0.3) is 0 Å². The maximum Gasteiger partial charge on any atom is 0.509 e. The number of ether oxygens (including phenoxy) is 2. The van der Waals surface area contributed by atoms with Crippen LogP contribution in [0.1, 0.15) is 64.9 Å². The van der Waals surface area contributed by atoms with Crippen LogP contribution in [0, 0.1) is 44.6 Å². The lowest BCUT2D eigenvalue weighted by Crippen LogP contribution is -2.62. The Morgan fingerprint density at radius 1 is 1.18 bits per heavy atom. The number of fused-ring (bicyclic) bond motifs is 5. The predicted molar refractivity (Wildman–Crippen MR) is 142 cm³/mol. The van der Waals surface area contributed by atoms with Gasteiger partial charge in [0.1, 0.15) is 12.2 Å². The number of carbonyl (C=O) groups excluding carboxylic acids is 3. The summed E-state index contributed by atoms with van der Waals surface area (Å²) in [5, 5.41) is 34.5. The number of rotatable bonds is 6. The Labute approximate surface area is 232 Å². The first-order chi connectivity index (χ1) is 18.8. The van der Waals surface area contributed by atoms with Crippen LogP contribution in [0.2, 0.25) is 0 Å². The number of allylic oxidation sites excluding steroid dienone is 1. The van der Waals surface area contributed by atoms with E-state index in [1.165, 1.54) is 18.2 Å². The number of para-hydroxylation sites is 1. The lowest BCUT2D eigenvalue weighted by Gasteiger charge is -2.61. The SMILES string of the molecule is CC1C[C@@H]2[C@H](C(O)C[C@@]3(C)[C@H]2CC[C@]3(O)C(=O)COC(=O)OCc2ccccc2[N+](=O)[O-])[C@@]2(C)CCC(=O)C=C12. The molecular weight excluding hydrogens is 518 g/mol. The molecule has 0 radical (unpaired) electrons. The second-order valence-electron chi connectivity index (χ2n) is 12.6. The van der Waals surface area contributed by atoms with Gasteiger partial charge in [-0.25, -0.2) is 4.79 Å². The average Bonchev–Trinajstić information content (AvgIpc) is 3.17. The summed E-state index contributed by atoms with van der Waals surface area (Å²) in [5.74, 6) is -0.355. The quantitative estimate of drug-likeness (QED) is 0.297. The summed E-state index contributed by atoms with van der Waals surface area (Å²) in [7, 11) is 0. The zero-order chi connectivity index (χ0) is 29.0. The van der Waals surface area contributed by atoms with E-state index in [0.717, 1.165) is 12.0 Å². The van der Waals surface area contributed by atoms with Crippen molar-refractivity contribution in [2.75, 3.05) is 6.61 Å². The first-order valence-electron chi connectivity index (χ1n) is 14.0. The molecule has 216 valence electrons. The molecular formula is C30H37NO9.